The van der Waals surface area contributed by atoms with Gasteiger partial charge in [0.25, 0.3) is 5.56 Å². The van der Waals surface area contributed by atoms with Gasteiger partial charge in [-0.1, -0.05) is 11.6 Å². The molecule has 0 aliphatic carbocycles. The number of aromatic hydroxyl groups is 1. The van der Waals surface area contributed by atoms with E-state index in [0.717, 1.165) is 5.39 Å². The van der Waals surface area contributed by atoms with Crippen LogP contribution in [-0.4, -0.2) is 20.1 Å². The second kappa shape index (κ2) is 5.02. The first kappa shape index (κ1) is 13.3. The van der Waals surface area contributed by atoms with Crippen molar-refractivity contribution in [1.29, 1.82) is 0 Å². The number of aromatic amines is 1. The zero-order valence-corrected chi connectivity index (χ0v) is 12.8. The molecular weight excluding hydrogens is 393 g/mol. The molecule has 0 spiro atoms. The Morgan fingerprint density at radius 3 is 2.85 bits per heavy atom. The molecule has 0 fully saturated rings. The van der Waals surface area contributed by atoms with E-state index in [9.17, 15) is 9.90 Å². The summed E-state index contributed by atoms with van der Waals surface area (Å²) in [4.78, 5) is 22.6. The monoisotopic (exact) mass is 399 g/mol. The molecule has 7 heteroatoms. The van der Waals surface area contributed by atoms with Crippen molar-refractivity contribution in [3.05, 3.63) is 49.4 Å². The Balaban J connectivity index is 2.36. The molecule has 0 aliphatic rings. The second-order valence-corrected chi connectivity index (χ2v) is 5.53. The van der Waals surface area contributed by atoms with Gasteiger partial charge < -0.3 is 10.1 Å². The topological polar surface area (TPSA) is 78.9 Å². The number of fused-ring (bicyclic) bond motifs is 1. The lowest BCUT2D eigenvalue weighted by atomic mass is 10.1. The summed E-state index contributed by atoms with van der Waals surface area (Å²) in [5.41, 5.74) is 0.824. The minimum atomic E-state index is -0.396. The summed E-state index contributed by atoms with van der Waals surface area (Å²) >= 11 is 7.86. The van der Waals surface area contributed by atoms with Gasteiger partial charge in [0.05, 0.1) is 10.5 Å². The van der Waals surface area contributed by atoms with Crippen LogP contribution in [0.3, 0.4) is 0 Å². The number of nitrogens with zero attached hydrogens (tertiary/aromatic N) is 2. The fraction of sp³-hybridized carbons (Fsp3) is 0. The number of hydrogen-bond acceptors (Lipinski definition) is 4. The van der Waals surface area contributed by atoms with Crippen molar-refractivity contribution in [3.8, 4) is 17.3 Å². The maximum absolute atomic E-state index is 11.7. The summed E-state index contributed by atoms with van der Waals surface area (Å²) < 4.78 is 0.151. The number of nitrogens with one attached hydrogen (secondary N) is 1. The lowest BCUT2D eigenvalue weighted by Crippen LogP contribution is -2.12. The number of rotatable bonds is 1. The van der Waals surface area contributed by atoms with Gasteiger partial charge in [0.1, 0.15) is 9.39 Å². The van der Waals surface area contributed by atoms with Crippen LogP contribution < -0.4 is 5.56 Å². The van der Waals surface area contributed by atoms with Crippen molar-refractivity contribution >= 4 is 45.1 Å². The number of halogens is 2. The van der Waals surface area contributed by atoms with Crippen LogP contribution >= 0.6 is 34.2 Å². The van der Waals surface area contributed by atoms with Crippen molar-refractivity contribution in [2.45, 2.75) is 0 Å². The number of hydrogen-bond donors (Lipinski definition) is 2. The van der Waals surface area contributed by atoms with Gasteiger partial charge in [0, 0.05) is 17.1 Å². The van der Waals surface area contributed by atoms with Crippen molar-refractivity contribution in [2.24, 2.45) is 0 Å². The minimum absolute atomic E-state index is 0.151. The molecule has 0 aliphatic heterocycles. The van der Waals surface area contributed by atoms with Gasteiger partial charge >= 0.3 is 0 Å². The van der Waals surface area contributed by atoms with Crippen LogP contribution in [0.15, 0.2) is 35.3 Å². The maximum Gasteiger partial charge on any atom is 0.268 e. The first-order valence-electron chi connectivity index (χ1n) is 5.60. The zero-order chi connectivity index (χ0) is 14.3. The molecule has 0 saturated heterocycles. The van der Waals surface area contributed by atoms with Gasteiger partial charge in [-0.3, -0.25) is 9.78 Å². The van der Waals surface area contributed by atoms with E-state index in [4.69, 9.17) is 11.6 Å². The van der Waals surface area contributed by atoms with Crippen molar-refractivity contribution in [2.75, 3.05) is 0 Å². The molecule has 100 valence electrons. The largest absolute Gasteiger partial charge is 0.492 e. The Morgan fingerprint density at radius 1 is 1.30 bits per heavy atom. The number of benzene rings is 1. The van der Waals surface area contributed by atoms with Crippen LogP contribution in [0.25, 0.3) is 22.3 Å². The Labute approximate surface area is 131 Å². The average Bonchev–Trinajstić information content (AvgIpc) is 2.45. The third kappa shape index (κ3) is 2.14. The van der Waals surface area contributed by atoms with Crippen molar-refractivity contribution in [3.63, 3.8) is 0 Å². The molecule has 2 aromatic heterocycles. The quantitative estimate of drug-likeness (QED) is 0.617. The fourth-order valence-electron chi connectivity index (χ4n) is 1.90. The first-order valence-corrected chi connectivity index (χ1v) is 7.06. The minimum Gasteiger partial charge on any atom is -0.492 e. The molecule has 3 aromatic rings. The molecule has 3 rings (SSSR count). The molecule has 0 bridgehead atoms. The normalized spacial score (nSPS) is 10.9. The Hall–Kier alpha value is -1.67. The van der Waals surface area contributed by atoms with Crippen LogP contribution in [-0.2, 0) is 0 Å². The van der Waals surface area contributed by atoms with E-state index in [1.807, 2.05) is 6.07 Å². The third-order valence-electron chi connectivity index (χ3n) is 2.82. The molecule has 0 atom stereocenters. The molecule has 2 N–H and O–H groups in total. The van der Waals surface area contributed by atoms with Crippen LogP contribution in [0, 0.1) is 3.57 Å². The Kier molecular flexibility index (Phi) is 3.35. The van der Waals surface area contributed by atoms with E-state index in [1.165, 1.54) is 0 Å². The van der Waals surface area contributed by atoms with E-state index < -0.39 is 5.56 Å². The summed E-state index contributed by atoms with van der Waals surface area (Å²) in [6, 6.07) is 7.02. The summed E-state index contributed by atoms with van der Waals surface area (Å²) in [6.07, 6.45) is 1.63. The average molecular weight is 400 g/mol. The molecule has 5 nitrogen and oxygen atoms in total. The summed E-state index contributed by atoms with van der Waals surface area (Å²) in [7, 11) is 0. The maximum atomic E-state index is 11.7. The summed E-state index contributed by atoms with van der Waals surface area (Å²) in [6.45, 7) is 0. The molecule has 0 radical (unpaired) electrons. The van der Waals surface area contributed by atoms with Gasteiger partial charge in [-0.15, -0.1) is 0 Å². The fourth-order valence-corrected chi connectivity index (χ4v) is 2.37. The molecule has 0 saturated carbocycles. The first-order chi connectivity index (χ1) is 9.58. The molecule has 20 heavy (non-hydrogen) atoms. The smallest absolute Gasteiger partial charge is 0.268 e. The Bertz CT molecular complexity index is 879. The second-order valence-electron chi connectivity index (χ2n) is 4.05. The predicted molar refractivity (Wildman–Crippen MR) is 85.0 cm³/mol. The van der Waals surface area contributed by atoms with Gasteiger partial charge in [-0.25, -0.2) is 0 Å². The van der Waals surface area contributed by atoms with E-state index in [1.54, 1.807) is 47.0 Å². The SMILES string of the molecule is O=c1[nH]c(-c2ccc(Cl)c3cccnc23)nc(O)c1I. The van der Waals surface area contributed by atoms with Gasteiger partial charge in [0.2, 0.25) is 5.88 Å². The molecule has 1 aromatic carbocycles. The number of H-pyrrole nitrogens is 1. The van der Waals surface area contributed by atoms with Gasteiger partial charge in [-0.2, -0.15) is 4.98 Å². The van der Waals surface area contributed by atoms with Crippen molar-refractivity contribution < 1.29 is 5.11 Å². The third-order valence-corrected chi connectivity index (χ3v) is 4.12. The highest BCUT2D eigenvalue weighted by molar-refractivity contribution is 14.1. The number of pyridine rings is 1. The van der Waals surface area contributed by atoms with Crippen molar-refractivity contribution in [1.82, 2.24) is 15.0 Å². The van der Waals surface area contributed by atoms with Gasteiger partial charge in [0.15, 0.2) is 0 Å². The molecule has 0 amide bonds. The highest BCUT2D eigenvalue weighted by Gasteiger charge is 2.13. The lowest BCUT2D eigenvalue weighted by Gasteiger charge is -2.07. The highest BCUT2D eigenvalue weighted by Crippen LogP contribution is 2.30. The summed E-state index contributed by atoms with van der Waals surface area (Å²) in [5.74, 6) is -0.0448. The van der Waals surface area contributed by atoms with E-state index in [0.29, 0.717) is 16.1 Å². The molecule has 2 heterocycles. The van der Waals surface area contributed by atoms with Crippen LogP contribution in [0.4, 0.5) is 0 Å². The van der Waals surface area contributed by atoms with Crippen LogP contribution in [0.5, 0.6) is 5.88 Å². The molecular formula is C13H7ClIN3O2. The van der Waals surface area contributed by atoms with E-state index in [-0.39, 0.29) is 15.3 Å². The van der Waals surface area contributed by atoms with Crippen LogP contribution in [0.2, 0.25) is 5.02 Å². The molecule has 0 unspecified atom stereocenters. The summed E-state index contributed by atoms with van der Waals surface area (Å²) in [5, 5.41) is 11.0. The van der Waals surface area contributed by atoms with E-state index in [2.05, 4.69) is 15.0 Å². The zero-order valence-electron chi connectivity index (χ0n) is 9.89. The van der Waals surface area contributed by atoms with Crippen LogP contribution in [0.1, 0.15) is 0 Å². The standard InChI is InChI=1S/C13H7ClIN3O2/c14-8-4-3-7(10-6(8)2-1-5-16-10)11-17-12(19)9(15)13(20)18-11/h1-5H,(H2,17,18,19,20). The predicted octanol–water partition coefficient (Wildman–Crippen LogP) is 2.95. The highest BCUT2D eigenvalue weighted by atomic mass is 127. The van der Waals surface area contributed by atoms with E-state index >= 15 is 0 Å². The number of aromatic nitrogens is 3. The lowest BCUT2D eigenvalue weighted by molar-refractivity contribution is 0.447. The Morgan fingerprint density at radius 2 is 2.10 bits per heavy atom. The van der Waals surface area contributed by atoms with Gasteiger partial charge in [-0.05, 0) is 46.9 Å².